The first kappa shape index (κ1) is 16.0. The van der Waals surface area contributed by atoms with Crippen LogP contribution in [0.25, 0.3) is 0 Å². The highest BCUT2D eigenvalue weighted by Gasteiger charge is 2.33. The minimum Gasteiger partial charge on any atom is -0.258 e. The van der Waals surface area contributed by atoms with Gasteiger partial charge < -0.3 is 0 Å². The van der Waals surface area contributed by atoms with Crippen molar-refractivity contribution in [3.8, 4) is 0 Å². The van der Waals surface area contributed by atoms with Gasteiger partial charge in [-0.3, -0.25) is 10.1 Å². The zero-order valence-corrected chi connectivity index (χ0v) is 12.7. The van der Waals surface area contributed by atoms with Gasteiger partial charge in [0.2, 0.25) is 0 Å². The summed E-state index contributed by atoms with van der Waals surface area (Å²) < 4.78 is 38.9. The van der Waals surface area contributed by atoms with Crippen molar-refractivity contribution in [2.45, 2.75) is 19.8 Å². The molecule has 5 nitrogen and oxygen atoms in total. The van der Waals surface area contributed by atoms with Gasteiger partial charge >= 0.3 is 6.18 Å². The second-order valence-electron chi connectivity index (χ2n) is 3.58. The van der Waals surface area contributed by atoms with Gasteiger partial charge in [-0.1, -0.05) is 34.9 Å². The van der Waals surface area contributed by atoms with Crippen molar-refractivity contribution in [1.82, 2.24) is 10.2 Å². The Hall–Kier alpha value is -1.33. The first-order chi connectivity index (χ1) is 9.81. The molecule has 21 heavy (non-hydrogen) atoms. The summed E-state index contributed by atoms with van der Waals surface area (Å²) >= 11 is 3.50. The Morgan fingerprint density at radius 3 is 2.48 bits per heavy atom. The predicted octanol–water partition coefficient (Wildman–Crippen LogP) is 4.34. The lowest BCUT2D eigenvalue weighted by molar-refractivity contribution is -0.388. The summed E-state index contributed by atoms with van der Waals surface area (Å²) in [6.07, 6.45) is -2.82. The number of nitro groups is 1. The van der Waals surface area contributed by atoms with E-state index < -0.39 is 22.4 Å². The zero-order valence-electron chi connectivity index (χ0n) is 10.2. The Morgan fingerprint density at radius 2 is 1.95 bits per heavy atom. The molecule has 0 aliphatic rings. The van der Waals surface area contributed by atoms with Crippen LogP contribution in [-0.2, 0) is 6.18 Å². The average Bonchev–Trinajstić information content (AvgIpc) is 2.85. The Balaban J connectivity index is 2.36. The van der Waals surface area contributed by atoms with Crippen LogP contribution in [0.15, 0.2) is 31.8 Å². The number of hydrogen-bond acceptors (Lipinski definition) is 7. The molecule has 0 aliphatic carbocycles. The molecule has 1 aromatic heterocycles. The molecule has 0 spiro atoms. The van der Waals surface area contributed by atoms with E-state index in [0.29, 0.717) is 14.7 Å². The highest BCUT2D eigenvalue weighted by Crippen LogP contribution is 2.40. The van der Waals surface area contributed by atoms with Crippen molar-refractivity contribution < 1.29 is 18.1 Å². The Bertz CT molecular complexity index is 675. The lowest BCUT2D eigenvalue weighted by atomic mass is 10.2. The third-order valence-corrected chi connectivity index (χ3v) is 5.26. The molecule has 2 aromatic rings. The minimum absolute atomic E-state index is 0.0943. The lowest BCUT2D eigenvalue weighted by Crippen LogP contribution is -2.05. The van der Waals surface area contributed by atoms with Gasteiger partial charge in [-0.05, 0) is 18.4 Å². The van der Waals surface area contributed by atoms with Crippen LogP contribution in [0.3, 0.4) is 0 Å². The summed E-state index contributed by atoms with van der Waals surface area (Å²) in [7, 11) is 0. The molecular formula is C10H6F3N3O2S3. The Kier molecular flexibility index (Phi) is 4.74. The highest BCUT2D eigenvalue weighted by atomic mass is 32.2. The topological polar surface area (TPSA) is 68.9 Å². The lowest BCUT2D eigenvalue weighted by Gasteiger charge is -2.07. The Labute approximate surface area is 129 Å². The summed E-state index contributed by atoms with van der Waals surface area (Å²) in [4.78, 5) is 10.2. The van der Waals surface area contributed by atoms with E-state index in [1.165, 1.54) is 23.1 Å². The molecule has 0 unspecified atom stereocenters. The molecule has 0 bridgehead atoms. The quantitative estimate of drug-likeness (QED) is 0.463. The minimum atomic E-state index is -4.62. The van der Waals surface area contributed by atoms with Gasteiger partial charge in [0, 0.05) is 6.07 Å². The summed E-state index contributed by atoms with van der Waals surface area (Å²) in [5.74, 6) is 0. The molecule has 0 N–H and O–H groups in total. The van der Waals surface area contributed by atoms with E-state index >= 15 is 0 Å². The molecule has 0 radical (unpaired) electrons. The smallest absolute Gasteiger partial charge is 0.258 e. The van der Waals surface area contributed by atoms with Crippen LogP contribution in [0, 0.1) is 10.1 Å². The molecule has 0 atom stereocenters. The van der Waals surface area contributed by atoms with Crippen LogP contribution < -0.4 is 0 Å². The van der Waals surface area contributed by atoms with Crippen molar-refractivity contribution in [1.29, 1.82) is 0 Å². The van der Waals surface area contributed by atoms with Crippen LogP contribution >= 0.6 is 34.9 Å². The summed E-state index contributed by atoms with van der Waals surface area (Å²) in [5.41, 5.74) is -1.66. The molecule has 1 aromatic carbocycles. The zero-order chi connectivity index (χ0) is 15.6. The van der Waals surface area contributed by atoms with Gasteiger partial charge in [0.25, 0.3) is 5.69 Å². The number of thioether (sulfide) groups is 1. The van der Waals surface area contributed by atoms with Crippen LogP contribution in [0.5, 0.6) is 0 Å². The van der Waals surface area contributed by atoms with Crippen molar-refractivity contribution >= 4 is 40.5 Å². The van der Waals surface area contributed by atoms with E-state index in [1.54, 1.807) is 6.26 Å². The number of nitro benzene ring substituents is 1. The number of nitrogens with zero attached hydrogens (tertiary/aromatic N) is 3. The van der Waals surface area contributed by atoms with Crippen molar-refractivity contribution in [3.05, 3.63) is 33.9 Å². The van der Waals surface area contributed by atoms with E-state index in [2.05, 4.69) is 10.2 Å². The largest absolute Gasteiger partial charge is 0.416 e. The molecular weight excluding hydrogens is 347 g/mol. The number of alkyl halides is 3. The summed E-state index contributed by atoms with van der Waals surface area (Å²) in [6.45, 7) is 0. The number of aromatic nitrogens is 2. The fourth-order valence-electron chi connectivity index (χ4n) is 1.34. The van der Waals surface area contributed by atoms with Gasteiger partial charge in [0.05, 0.1) is 15.4 Å². The normalized spacial score (nSPS) is 11.6. The second-order valence-corrected chi connectivity index (χ2v) is 6.90. The van der Waals surface area contributed by atoms with E-state index in [1.807, 2.05) is 0 Å². The summed E-state index contributed by atoms with van der Waals surface area (Å²) in [5, 5.41) is 18.6. The van der Waals surface area contributed by atoms with Crippen LogP contribution in [0.1, 0.15) is 5.56 Å². The van der Waals surface area contributed by atoms with Gasteiger partial charge in [0.1, 0.15) is 0 Å². The third kappa shape index (κ3) is 3.86. The SMILES string of the molecule is CSc1nnc(Sc2ccc(C(F)(F)F)cc2[N+](=O)[O-])s1. The maximum Gasteiger partial charge on any atom is 0.416 e. The first-order valence-electron chi connectivity index (χ1n) is 5.22. The van der Waals surface area contributed by atoms with Crippen molar-refractivity contribution in [2.75, 3.05) is 6.26 Å². The number of halogens is 3. The van der Waals surface area contributed by atoms with E-state index in [4.69, 9.17) is 0 Å². The highest BCUT2D eigenvalue weighted by molar-refractivity contribution is 8.03. The second kappa shape index (κ2) is 6.20. The predicted molar refractivity (Wildman–Crippen MR) is 73.9 cm³/mol. The molecule has 0 amide bonds. The van der Waals surface area contributed by atoms with Gasteiger partial charge in [-0.15, -0.1) is 10.2 Å². The number of hydrogen-bond donors (Lipinski definition) is 0. The molecule has 0 fully saturated rings. The van der Waals surface area contributed by atoms with Crippen LogP contribution in [0.4, 0.5) is 18.9 Å². The van der Waals surface area contributed by atoms with Crippen molar-refractivity contribution in [2.24, 2.45) is 0 Å². The van der Waals surface area contributed by atoms with E-state index in [0.717, 1.165) is 23.9 Å². The monoisotopic (exact) mass is 353 g/mol. The molecule has 0 saturated carbocycles. The third-order valence-electron chi connectivity index (χ3n) is 2.24. The van der Waals surface area contributed by atoms with Crippen LogP contribution in [0.2, 0.25) is 0 Å². The average molecular weight is 353 g/mol. The van der Waals surface area contributed by atoms with Gasteiger partial charge in [-0.25, -0.2) is 0 Å². The van der Waals surface area contributed by atoms with Crippen LogP contribution in [-0.4, -0.2) is 21.4 Å². The molecule has 1 heterocycles. The van der Waals surface area contributed by atoms with Crippen molar-refractivity contribution in [3.63, 3.8) is 0 Å². The van der Waals surface area contributed by atoms with E-state index in [9.17, 15) is 23.3 Å². The molecule has 11 heteroatoms. The van der Waals surface area contributed by atoms with E-state index in [-0.39, 0.29) is 4.90 Å². The molecule has 0 aliphatic heterocycles. The maximum absolute atomic E-state index is 12.6. The molecule has 0 saturated heterocycles. The molecule has 2 rings (SSSR count). The number of rotatable bonds is 4. The fourth-order valence-corrected chi connectivity index (χ4v) is 3.82. The summed E-state index contributed by atoms with van der Waals surface area (Å²) in [6, 6.07) is 2.41. The standard InChI is InChI=1S/C10H6F3N3O2S3/c1-19-8-14-15-9(21-8)20-7-3-2-5(10(11,12)13)4-6(7)16(17)18/h2-4H,1H3. The van der Waals surface area contributed by atoms with Gasteiger partial charge in [0.15, 0.2) is 8.68 Å². The first-order valence-corrected chi connectivity index (χ1v) is 8.08. The molecule has 112 valence electrons. The maximum atomic E-state index is 12.6. The van der Waals surface area contributed by atoms with Gasteiger partial charge in [-0.2, -0.15) is 13.2 Å². The fraction of sp³-hybridized carbons (Fsp3) is 0.200. The Morgan fingerprint density at radius 1 is 1.29 bits per heavy atom. The number of benzene rings is 1.